The molecule has 1 N–H and O–H groups in total. The monoisotopic (exact) mass is 310 g/mol. The maximum Gasteiger partial charge on any atom is 0.251 e. The lowest BCUT2D eigenvalue weighted by Crippen LogP contribution is -2.47. The van der Waals surface area contributed by atoms with Gasteiger partial charge in [0.25, 0.3) is 5.91 Å². The zero-order valence-corrected chi connectivity index (χ0v) is 13.3. The third-order valence-electron chi connectivity index (χ3n) is 3.14. The maximum atomic E-state index is 12.5. The van der Waals surface area contributed by atoms with Crippen molar-refractivity contribution in [1.82, 2.24) is 5.32 Å². The van der Waals surface area contributed by atoms with E-state index in [1.165, 1.54) is 7.11 Å². The van der Waals surface area contributed by atoms with Crippen LogP contribution in [0.4, 0.5) is 5.69 Å². The Balaban J connectivity index is 2.35. The maximum absolute atomic E-state index is 12.5. The zero-order chi connectivity index (χ0) is 15.8. The molecule has 1 aromatic carbocycles. The Morgan fingerprint density at radius 1 is 1.33 bits per heavy atom. The van der Waals surface area contributed by atoms with Gasteiger partial charge in [0.2, 0.25) is 5.91 Å². The van der Waals surface area contributed by atoms with Crippen molar-refractivity contribution in [2.24, 2.45) is 0 Å². The lowest BCUT2D eigenvalue weighted by atomic mass is 10.1. The molecule has 6 heteroatoms. The molecule has 1 atom stereocenters. The number of carbonyl (C=O) groups excluding carboxylic acids is 2. The fourth-order valence-corrected chi connectivity index (χ4v) is 2.52. The summed E-state index contributed by atoms with van der Waals surface area (Å²) >= 11 is 5.97. The summed E-state index contributed by atoms with van der Waals surface area (Å²) in [4.78, 5) is 25.9. The first-order valence-corrected chi connectivity index (χ1v) is 7.09. The number of amides is 2. The molecule has 0 aromatic heterocycles. The number of rotatable bonds is 3. The molecular weight excluding hydrogens is 292 g/mol. The van der Waals surface area contributed by atoms with Crippen LogP contribution in [-0.2, 0) is 9.59 Å². The molecule has 1 fully saturated rings. The van der Waals surface area contributed by atoms with Gasteiger partial charge in [-0.05, 0) is 39.0 Å². The SMILES string of the molecule is COc1ccc(Cl)cc1N1C(=O)CC(NC(C)(C)C)C1=O. The van der Waals surface area contributed by atoms with Crippen LogP contribution in [0.15, 0.2) is 18.2 Å². The normalized spacial score (nSPS) is 19.3. The van der Waals surface area contributed by atoms with E-state index < -0.39 is 6.04 Å². The Bertz CT molecular complexity index is 581. The summed E-state index contributed by atoms with van der Waals surface area (Å²) in [5, 5.41) is 3.61. The largest absolute Gasteiger partial charge is 0.495 e. The summed E-state index contributed by atoms with van der Waals surface area (Å²) in [6, 6.07) is 4.33. The Morgan fingerprint density at radius 3 is 2.57 bits per heavy atom. The minimum absolute atomic E-state index is 0.131. The molecule has 2 amide bonds. The molecule has 1 aliphatic rings. The molecule has 0 radical (unpaired) electrons. The lowest BCUT2D eigenvalue weighted by Gasteiger charge is -2.24. The molecule has 21 heavy (non-hydrogen) atoms. The highest BCUT2D eigenvalue weighted by atomic mass is 35.5. The van der Waals surface area contributed by atoms with E-state index in [9.17, 15) is 9.59 Å². The standard InChI is InChI=1S/C15H19ClN2O3/c1-15(2,3)17-10-8-13(19)18(14(10)20)11-7-9(16)5-6-12(11)21-4/h5-7,10,17H,8H2,1-4H3. The Hall–Kier alpha value is -1.59. The van der Waals surface area contributed by atoms with Crippen molar-refractivity contribution in [2.45, 2.75) is 38.8 Å². The number of nitrogens with one attached hydrogen (secondary N) is 1. The van der Waals surface area contributed by atoms with Gasteiger partial charge in [0, 0.05) is 10.6 Å². The third-order valence-corrected chi connectivity index (χ3v) is 3.37. The first-order valence-electron chi connectivity index (χ1n) is 6.71. The Kier molecular flexibility index (Phi) is 4.25. The predicted octanol–water partition coefficient (Wildman–Crippen LogP) is 2.37. The van der Waals surface area contributed by atoms with E-state index in [0.717, 1.165) is 4.90 Å². The lowest BCUT2D eigenvalue weighted by molar-refractivity contribution is -0.121. The van der Waals surface area contributed by atoms with Crippen molar-refractivity contribution in [3.63, 3.8) is 0 Å². The van der Waals surface area contributed by atoms with Crippen LogP contribution in [0.1, 0.15) is 27.2 Å². The van der Waals surface area contributed by atoms with Gasteiger partial charge in [0.1, 0.15) is 5.75 Å². The summed E-state index contributed by atoms with van der Waals surface area (Å²) in [6.07, 6.45) is 0.131. The van der Waals surface area contributed by atoms with Gasteiger partial charge in [-0.3, -0.25) is 9.59 Å². The molecule has 0 saturated carbocycles. The van der Waals surface area contributed by atoms with E-state index in [-0.39, 0.29) is 23.8 Å². The molecule has 1 aliphatic heterocycles. The first-order chi connectivity index (χ1) is 9.73. The van der Waals surface area contributed by atoms with Gasteiger partial charge in [-0.15, -0.1) is 0 Å². The highest BCUT2D eigenvalue weighted by molar-refractivity contribution is 6.31. The van der Waals surface area contributed by atoms with Gasteiger partial charge in [0.05, 0.1) is 25.3 Å². The quantitative estimate of drug-likeness (QED) is 0.871. The minimum atomic E-state index is -0.527. The number of hydrogen-bond donors (Lipinski definition) is 1. The predicted molar refractivity (Wildman–Crippen MR) is 81.8 cm³/mol. The van der Waals surface area contributed by atoms with Crippen molar-refractivity contribution in [1.29, 1.82) is 0 Å². The first kappa shape index (κ1) is 15.8. The number of carbonyl (C=O) groups is 2. The molecule has 1 saturated heterocycles. The van der Waals surface area contributed by atoms with E-state index in [1.807, 2.05) is 20.8 Å². The molecule has 2 rings (SSSR count). The van der Waals surface area contributed by atoms with E-state index in [1.54, 1.807) is 18.2 Å². The van der Waals surface area contributed by atoms with Gasteiger partial charge >= 0.3 is 0 Å². The van der Waals surface area contributed by atoms with Crippen LogP contribution in [-0.4, -0.2) is 30.5 Å². The molecule has 0 bridgehead atoms. The highest BCUT2D eigenvalue weighted by Crippen LogP contribution is 2.34. The van der Waals surface area contributed by atoms with Crippen LogP contribution in [0.2, 0.25) is 5.02 Å². The minimum Gasteiger partial charge on any atom is -0.495 e. The van der Waals surface area contributed by atoms with Gasteiger partial charge in [-0.25, -0.2) is 4.90 Å². The number of halogens is 1. The van der Waals surface area contributed by atoms with Gasteiger partial charge < -0.3 is 10.1 Å². The zero-order valence-electron chi connectivity index (χ0n) is 12.6. The van der Waals surface area contributed by atoms with Crippen LogP contribution >= 0.6 is 11.6 Å². The Morgan fingerprint density at radius 2 is 2.00 bits per heavy atom. The summed E-state index contributed by atoms with van der Waals surface area (Å²) in [5.74, 6) is -0.102. The van der Waals surface area contributed by atoms with Crippen LogP contribution in [0.3, 0.4) is 0 Å². The van der Waals surface area contributed by atoms with Crippen LogP contribution in [0, 0.1) is 0 Å². The average Bonchev–Trinajstić information content (AvgIpc) is 2.62. The summed E-state index contributed by atoms with van der Waals surface area (Å²) < 4.78 is 5.22. The van der Waals surface area contributed by atoms with Crippen LogP contribution in [0.5, 0.6) is 5.75 Å². The number of ether oxygens (including phenoxy) is 1. The number of hydrogen-bond acceptors (Lipinski definition) is 4. The van der Waals surface area contributed by atoms with E-state index in [0.29, 0.717) is 16.5 Å². The molecule has 1 aromatic rings. The molecule has 1 unspecified atom stereocenters. The summed E-state index contributed by atoms with van der Waals surface area (Å²) in [5.41, 5.74) is 0.132. The second-order valence-electron chi connectivity index (χ2n) is 6.03. The summed E-state index contributed by atoms with van der Waals surface area (Å²) in [7, 11) is 1.49. The van der Waals surface area contributed by atoms with Crippen molar-refractivity contribution < 1.29 is 14.3 Å². The van der Waals surface area contributed by atoms with Gasteiger partial charge in [-0.2, -0.15) is 0 Å². The molecule has 5 nitrogen and oxygen atoms in total. The number of anilines is 1. The number of nitrogens with zero attached hydrogens (tertiary/aromatic N) is 1. The average molecular weight is 311 g/mol. The Labute approximate surface area is 129 Å². The van der Waals surface area contributed by atoms with Crippen molar-refractivity contribution in [2.75, 3.05) is 12.0 Å². The van der Waals surface area contributed by atoms with Gasteiger partial charge in [0.15, 0.2) is 0 Å². The summed E-state index contributed by atoms with van der Waals surface area (Å²) in [6.45, 7) is 5.86. The molecular formula is C15H19ClN2O3. The van der Waals surface area contributed by atoms with Crippen molar-refractivity contribution in [3.8, 4) is 5.75 Å². The fourth-order valence-electron chi connectivity index (χ4n) is 2.36. The second kappa shape index (κ2) is 5.66. The van der Waals surface area contributed by atoms with E-state index >= 15 is 0 Å². The third kappa shape index (κ3) is 3.36. The highest BCUT2D eigenvalue weighted by Gasteiger charge is 2.42. The van der Waals surface area contributed by atoms with Crippen LogP contribution < -0.4 is 15.0 Å². The molecule has 0 aliphatic carbocycles. The van der Waals surface area contributed by atoms with Gasteiger partial charge in [-0.1, -0.05) is 11.6 Å². The van der Waals surface area contributed by atoms with E-state index in [2.05, 4.69) is 5.32 Å². The topological polar surface area (TPSA) is 58.6 Å². The fraction of sp³-hybridized carbons (Fsp3) is 0.467. The number of imide groups is 1. The number of methoxy groups -OCH3 is 1. The smallest absolute Gasteiger partial charge is 0.251 e. The van der Waals surface area contributed by atoms with Crippen molar-refractivity contribution >= 4 is 29.1 Å². The molecule has 1 heterocycles. The van der Waals surface area contributed by atoms with Crippen molar-refractivity contribution in [3.05, 3.63) is 23.2 Å². The second-order valence-corrected chi connectivity index (χ2v) is 6.47. The molecule has 114 valence electrons. The molecule has 0 spiro atoms. The van der Waals surface area contributed by atoms with E-state index in [4.69, 9.17) is 16.3 Å². The van der Waals surface area contributed by atoms with Crippen LogP contribution in [0.25, 0.3) is 0 Å². The number of benzene rings is 1.